The average molecular weight is 446 g/mol. The third-order valence-corrected chi connectivity index (χ3v) is 7.77. The fourth-order valence-electron chi connectivity index (χ4n) is 6.10. The van der Waals surface area contributed by atoms with Crippen LogP contribution >= 0.6 is 0 Å². The summed E-state index contributed by atoms with van der Waals surface area (Å²) in [6.45, 7) is 10.5. The van der Waals surface area contributed by atoms with Crippen molar-refractivity contribution in [2.24, 2.45) is 23.2 Å². The Bertz CT molecular complexity index is 1170. The van der Waals surface area contributed by atoms with E-state index in [1.54, 1.807) is 13.1 Å². The number of rotatable bonds is 3. The molecule has 3 aliphatic rings. The van der Waals surface area contributed by atoms with Gasteiger partial charge >= 0.3 is 0 Å². The van der Waals surface area contributed by atoms with E-state index in [0.29, 0.717) is 23.3 Å². The molecule has 2 amide bonds. The van der Waals surface area contributed by atoms with Crippen molar-refractivity contribution in [3.8, 4) is 17.2 Å². The zero-order chi connectivity index (χ0) is 23.5. The molecule has 2 fully saturated rings. The molecule has 2 aromatic heterocycles. The number of pyridine rings is 1. The molecule has 0 radical (unpaired) electrons. The van der Waals surface area contributed by atoms with Gasteiger partial charge in [-0.1, -0.05) is 13.8 Å². The second-order valence-electron chi connectivity index (χ2n) is 10.9. The van der Waals surface area contributed by atoms with Gasteiger partial charge in [-0.2, -0.15) is 5.26 Å². The number of nitrogens with zero attached hydrogens (tertiary/aromatic N) is 4. The molecule has 1 N–H and O–H groups in total. The lowest BCUT2D eigenvalue weighted by Crippen LogP contribution is -2.29. The molecule has 172 valence electrons. The van der Waals surface area contributed by atoms with Gasteiger partial charge in [0.25, 0.3) is 0 Å². The highest BCUT2D eigenvalue weighted by atomic mass is 16.2. The first-order valence-electron chi connectivity index (χ1n) is 11.8. The summed E-state index contributed by atoms with van der Waals surface area (Å²) in [7, 11) is 0. The van der Waals surface area contributed by atoms with Crippen LogP contribution in [-0.2, 0) is 22.6 Å². The van der Waals surface area contributed by atoms with Crippen molar-refractivity contribution in [2.75, 3.05) is 18.4 Å². The van der Waals surface area contributed by atoms with E-state index in [-0.39, 0.29) is 23.1 Å². The molecule has 3 atom stereocenters. The molecule has 7 nitrogen and oxygen atoms in total. The number of hydrogen-bond acceptors (Lipinski definition) is 4. The monoisotopic (exact) mass is 445 g/mol. The van der Waals surface area contributed by atoms with Gasteiger partial charge in [-0.15, -0.1) is 0 Å². The van der Waals surface area contributed by atoms with E-state index in [1.165, 1.54) is 5.69 Å². The van der Waals surface area contributed by atoms with Crippen molar-refractivity contribution >= 4 is 17.6 Å². The van der Waals surface area contributed by atoms with Crippen molar-refractivity contribution < 1.29 is 9.59 Å². The Labute approximate surface area is 194 Å². The van der Waals surface area contributed by atoms with Crippen molar-refractivity contribution in [2.45, 2.75) is 53.5 Å². The van der Waals surface area contributed by atoms with E-state index < -0.39 is 0 Å². The van der Waals surface area contributed by atoms with E-state index >= 15 is 0 Å². The summed E-state index contributed by atoms with van der Waals surface area (Å²) in [5, 5.41) is 12.7. The minimum Gasteiger partial charge on any atom is -0.342 e. The number of nitrogens with one attached hydrogen (secondary N) is 1. The predicted molar refractivity (Wildman–Crippen MR) is 125 cm³/mol. The Morgan fingerprint density at radius 1 is 1.18 bits per heavy atom. The van der Waals surface area contributed by atoms with E-state index in [1.807, 2.05) is 24.0 Å². The molecule has 33 heavy (non-hydrogen) atoms. The fraction of sp³-hybridized carbons (Fsp3) is 0.538. The number of carbonyl (C=O) groups is 2. The van der Waals surface area contributed by atoms with Crippen LogP contribution in [0, 0.1) is 41.4 Å². The topological polar surface area (TPSA) is 91.0 Å². The van der Waals surface area contributed by atoms with Gasteiger partial charge in [0.05, 0.1) is 0 Å². The van der Waals surface area contributed by atoms with E-state index in [2.05, 4.69) is 34.8 Å². The van der Waals surface area contributed by atoms with Gasteiger partial charge in [-0.3, -0.25) is 9.59 Å². The van der Waals surface area contributed by atoms with Gasteiger partial charge in [0, 0.05) is 49.9 Å². The number of aryl methyl sites for hydroxylation is 1. The molecule has 0 aromatic carbocycles. The van der Waals surface area contributed by atoms with E-state index in [0.717, 1.165) is 55.6 Å². The second-order valence-corrected chi connectivity index (χ2v) is 10.9. The summed E-state index contributed by atoms with van der Waals surface area (Å²) in [6.07, 6.45) is 4.37. The largest absolute Gasteiger partial charge is 0.342 e. The molecule has 2 aliphatic heterocycles. The second kappa shape index (κ2) is 7.72. The third-order valence-electron chi connectivity index (χ3n) is 7.77. The molecule has 0 bridgehead atoms. The molecule has 1 saturated carbocycles. The lowest BCUT2D eigenvalue weighted by atomic mass is 9.89. The molecular weight excluding hydrogens is 414 g/mol. The number of aromatic nitrogens is 2. The summed E-state index contributed by atoms with van der Waals surface area (Å²) in [5.41, 5.74) is 5.09. The Morgan fingerprint density at radius 2 is 1.88 bits per heavy atom. The van der Waals surface area contributed by atoms with E-state index in [9.17, 15) is 14.9 Å². The standard InChI is InChI=1S/C26H31N5O2/c1-15-11-28-24(29-25(33)17-5-18-12-30(16(2)32)13-19(18)6-17)8-21(15)22-7-20(10-27)31-14-26(3,4)9-23(22)31/h7-8,11,17-19H,5-6,9,12-14H2,1-4H3,(H,28,29,33)/t17-,18+,19-. The zero-order valence-electron chi connectivity index (χ0n) is 19.8. The molecular formula is C26H31N5O2. The first-order valence-corrected chi connectivity index (χ1v) is 11.8. The zero-order valence-corrected chi connectivity index (χ0v) is 19.8. The first-order chi connectivity index (χ1) is 15.6. The van der Waals surface area contributed by atoms with Crippen molar-refractivity contribution in [3.63, 3.8) is 0 Å². The number of hydrogen-bond donors (Lipinski definition) is 1. The minimum absolute atomic E-state index is 0.0158. The summed E-state index contributed by atoms with van der Waals surface area (Å²) in [6, 6.07) is 6.26. The van der Waals surface area contributed by atoms with Crippen LogP contribution in [0.5, 0.6) is 0 Å². The van der Waals surface area contributed by atoms with Crippen molar-refractivity contribution in [1.82, 2.24) is 14.5 Å². The molecule has 4 heterocycles. The van der Waals surface area contributed by atoms with Crippen LogP contribution in [0.3, 0.4) is 0 Å². The molecule has 2 aromatic rings. The van der Waals surface area contributed by atoms with E-state index in [4.69, 9.17) is 0 Å². The van der Waals surface area contributed by atoms with Gasteiger partial charge in [-0.25, -0.2) is 4.98 Å². The van der Waals surface area contributed by atoms with Crippen LogP contribution in [0.4, 0.5) is 5.82 Å². The van der Waals surface area contributed by atoms with Gasteiger partial charge < -0.3 is 14.8 Å². The average Bonchev–Trinajstić information content (AvgIpc) is 3.47. The number of amides is 2. The number of nitriles is 1. The summed E-state index contributed by atoms with van der Waals surface area (Å²) < 4.78 is 2.13. The highest BCUT2D eigenvalue weighted by molar-refractivity contribution is 5.92. The van der Waals surface area contributed by atoms with Crippen molar-refractivity contribution in [3.05, 3.63) is 35.3 Å². The molecule has 5 rings (SSSR count). The normalized spacial score (nSPS) is 24.9. The smallest absolute Gasteiger partial charge is 0.228 e. The van der Waals surface area contributed by atoms with Crippen LogP contribution in [0.15, 0.2) is 18.3 Å². The van der Waals surface area contributed by atoms with Gasteiger partial charge in [-0.05, 0) is 66.7 Å². The maximum atomic E-state index is 13.0. The summed E-state index contributed by atoms with van der Waals surface area (Å²) in [4.78, 5) is 31.1. The highest BCUT2D eigenvalue weighted by Crippen LogP contribution is 2.43. The number of carbonyl (C=O) groups excluding carboxylic acids is 2. The van der Waals surface area contributed by atoms with Crippen LogP contribution < -0.4 is 5.32 Å². The van der Waals surface area contributed by atoms with Crippen LogP contribution in [-0.4, -0.2) is 39.4 Å². The third kappa shape index (κ3) is 3.82. The number of anilines is 1. The number of likely N-dealkylation sites (tertiary alicyclic amines) is 1. The fourth-order valence-corrected chi connectivity index (χ4v) is 6.10. The first kappa shape index (κ1) is 21.7. The summed E-state index contributed by atoms with van der Waals surface area (Å²) in [5.74, 6) is 1.50. The summed E-state index contributed by atoms with van der Waals surface area (Å²) >= 11 is 0. The highest BCUT2D eigenvalue weighted by Gasteiger charge is 2.44. The molecule has 1 saturated heterocycles. The Hall–Kier alpha value is -3.14. The predicted octanol–water partition coefficient (Wildman–Crippen LogP) is 3.76. The minimum atomic E-state index is -0.0367. The molecule has 0 spiro atoms. The quantitative estimate of drug-likeness (QED) is 0.779. The lowest BCUT2D eigenvalue weighted by molar-refractivity contribution is -0.128. The van der Waals surface area contributed by atoms with Crippen LogP contribution in [0.25, 0.3) is 11.1 Å². The SMILES string of the molecule is CC(=O)N1C[C@H]2C[C@H](C(=O)Nc3cc(-c4cc(C#N)n5c4CC(C)(C)C5)c(C)cn3)C[C@H]2C1. The number of fused-ring (bicyclic) bond motifs is 2. The molecule has 1 aliphatic carbocycles. The van der Waals surface area contributed by atoms with Crippen molar-refractivity contribution in [1.29, 1.82) is 5.26 Å². The Balaban J connectivity index is 1.35. The van der Waals surface area contributed by atoms with Crippen LogP contribution in [0.1, 0.15) is 50.6 Å². The van der Waals surface area contributed by atoms with Crippen LogP contribution in [0.2, 0.25) is 0 Å². The lowest BCUT2D eigenvalue weighted by Gasteiger charge is -2.17. The molecule has 7 heteroatoms. The maximum absolute atomic E-state index is 13.0. The van der Waals surface area contributed by atoms with Gasteiger partial charge in [0.1, 0.15) is 17.6 Å². The van der Waals surface area contributed by atoms with Gasteiger partial charge in [0.15, 0.2) is 0 Å². The Kier molecular flexibility index (Phi) is 5.08. The Morgan fingerprint density at radius 3 is 2.52 bits per heavy atom. The maximum Gasteiger partial charge on any atom is 0.228 e. The van der Waals surface area contributed by atoms with Gasteiger partial charge in [0.2, 0.25) is 11.8 Å². The molecule has 0 unspecified atom stereocenters.